The Hall–Kier alpha value is -2.29. The maximum Gasteiger partial charge on any atom is 0.319 e. The highest BCUT2D eigenvalue weighted by Crippen LogP contribution is 2.14. The van der Waals surface area contributed by atoms with Crippen LogP contribution >= 0.6 is 0 Å². The van der Waals surface area contributed by atoms with Crippen LogP contribution in [0.4, 0.5) is 10.5 Å². The summed E-state index contributed by atoms with van der Waals surface area (Å²) in [6.07, 6.45) is 2.82. The number of aryl methyl sites for hydroxylation is 2. The molecule has 0 aromatic heterocycles. The Morgan fingerprint density at radius 1 is 1.00 bits per heavy atom. The highest BCUT2D eigenvalue weighted by Gasteiger charge is 2.04. The Morgan fingerprint density at radius 2 is 1.71 bits per heavy atom. The van der Waals surface area contributed by atoms with Crippen molar-refractivity contribution in [1.82, 2.24) is 5.32 Å². The normalized spacial score (nSPS) is 10.1. The SMILES string of the molecule is CCc1ccccc1NC(=O)NCCCc1ccccc1. The van der Waals surface area contributed by atoms with Gasteiger partial charge in [0.05, 0.1) is 0 Å². The Bertz CT molecular complexity index is 566. The summed E-state index contributed by atoms with van der Waals surface area (Å²) in [7, 11) is 0. The second kappa shape index (κ2) is 8.10. The first-order valence-electron chi connectivity index (χ1n) is 7.46. The van der Waals surface area contributed by atoms with Gasteiger partial charge in [0.2, 0.25) is 0 Å². The van der Waals surface area contributed by atoms with E-state index in [1.807, 2.05) is 42.5 Å². The van der Waals surface area contributed by atoms with Crippen LogP contribution in [0.2, 0.25) is 0 Å². The van der Waals surface area contributed by atoms with Crippen molar-refractivity contribution in [2.24, 2.45) is 0 Å². The number of nitrogens with one attached hydrogen (secondary N) is 2. The molecule has 0 unspecified atom stereocenters. The number of amides is 2. The van der Waals surface area contributed by atoms with E-state index in [2.05, 4.69) is 29.7 Å². The monoisotopic (exact) mass is 282 g/mol. The van der Waals surface area contributed by atoms with Crippen LogP contribution in [0.25, 0.3) is 0 Å². The van der Waals surface area contributed by atoms with Crippen LogP contribution in [0.1, 0.15) is 24.5 Å². The number of carbonyl (C=O) groups is 1. The van der Waals surface area contributed by atoms with Crippen molar-refractivity contribution in [2.75, 3.05) is 11.9 Å². The fourth-order valence-electron chi connectivity index (χ4n) is 2.26. The number of carbonyl (C=O) groups excluding carboxylic acids is 1. The second-order valence-corrected chi connectivity index (χ2v) is 4.98. The average molecular weight is 282 g/mol. The molecule has 0 aliphatic rings. The molecule has 3 nitrogen and oxygen atoms in total. The third kappa shape index (κ3) is 4.95. The predicted octanol–water partition coefficient (Wildman–Crippen LogP) is 4.00. The van der Waals surface area contributed by atoms with Crippen LogP contribution in [-0.2, 0) is 12.8 Å². The zero-order valence-corrected chi connectivity index (χ0v) is 12.4. The summed E-state index contributed by atoms with van der Waals surface area (Å²) in [6, 6.07) is 18.1. The van der Waals surface area contributed by atoms with Gasteiger partial charge < -0.3 is 10.6 Å². The first-order chi connectivity index (χ1) is 10.3. The van der Waals surface area contributed by atoms with Crippen molar-refractivity contribution in [3.8, 4) is 0 Å². The first-order valence-corrected chi connectivity index (χ1v) is 7.46. The molecule has 2 amide bonds. The molecule has 0 aliphatic carbocycles. The lowest BCUT2D eigenvalue weighted by molar-refractivity contribution is 0.252. The summed E-state index contributed by atoms with van der Waals surface area (Å²) >= 11 is 0. The van der Waals surface area contributed by atoms with Gasteiger partial charge >= 0.3 is 6.03 Å². The summed E-state index contributed by atoms with van der Waals surface area (Å²) < 4.78 is 0. The topological polar surface area (TPSA) is 41.1 Å². The quantitative estimate of drug-likeness (QED) is 0.772. The van der Waals surface area contributed by atoms with Crippen LogP contribution in [0.5, 0.6) is 0 Å². The van der Waals surface area contributed by atoms with Gasteiger partial charge in [-0.25, -0.2) is 4.79 Å². The minimum Gasteiger partial charge on any atom is -0.338 e. The highest BCUT2D eigenvalue weighted by molar-refractivity contribution is 5.90. The van der Waals surface area contributed by atoms with E-state index in [1.54, 1.807) is 0 Å². The minimum absolute atomic E-state index is 0.135. The average Bonchev–Trinajstić information content (AvgIpc) is 2.53. The molecule has 2 N–H and O–H groups in total. The zero-order chi connectivity index (χ0) is 14.9. The summed E-state index contributed by atoms with van der Waals surface area (Å²) in [5, 5.41) is 5.81. The van der Waals surface area contributed by atoms with Crippen molar-refractivity contribution in [3.05, 3.63) is 65.7 Å². The van der Waals surface area contributed by atoms with Crippen LogP contribution in [0.3, 0.4) is 0 Å². The Balaban J connectivity index is 1.72. The zero-order valence-electron chi connectivity index (χ0n) is 12.4. The summed E-state index contributed by atoms with van der Waals surface area (Å²) in [5.74, 6) is 0. The predicted molar refractivity (Wildman–Crippen MR) is 87.6 cm³/mol. The van der Waals surface area contributed by atoms with Gasteiger partial charge in [0.25, 0.3) is 0 Å². The second-order valence-electron chi connectivity index (χ2n) is 4.98. The van der Waals surface area contributed by atoms with E-state index in [0.717, 1.165) is 30.5 Å². The lowest BCUT2D eigenvalue weighted by Gasteiger charge is -2.10. The molecule has 0 aliphatic heterocycles. The molecule has 0 spiro atoms. The van der Waals surface area contributed by atoms with Gasteiger partial charge in [-0.1, -0.05) is 55.5 Å². The molecule has 2 aromatic carbocycles. The Labute approximate surface area is 126 Å². The van der Waals surface area contributed by atoms with Crippen molar-refractivity contribution < 1.29 is 4.79 Å². The van der Waals surface area contributed by atoms with Crippen LogP contribution < -0.4 is 10.6 Å². The molecule has 0 fully saturated rings. The fourth-order valence-corrected chi connectivity index (χ4v) is 2.26. The maximum atomic E-state index is 11.9. The molecule has 0 atom stereocenters. The number of benzene rings is 2. The van der Waals surface area contributed by atoms with Crippen LogP contribution in [-0.4, -0.2) is 12.6 Å². The van der Waals surface area contributed by atoms with Gasteiger partial charge in [-0.2, -0.15) is 0 Å². The molecule has 0 saturated carbocycles. The Morgan fingerprint density at radius 3 is 2.48 bits per heavy atom. The minimum atomic E-state index is -0.135. The molecule has 3 heteroatoms. The van der Waals surface area contributed by atoms with E-state index in [9.17, 15) is 4.79 Å². The van der Waals surface area contributed by atoms with E-state index < -0.39 is 0 Å². The van der Waals surface area contributed by atoms with Gasteiger partial charge in [-0.05, 0) is 36.5 Å². The van der Waals surface area contributed by atoms with Crippen molar-refractivity contribution in [3.63, 3.8) is 0 Å². The highest BCUT2D eigenvalue weighted by atomic mass is 16.2. The third-order valence-electron chi connectivity index (χ3n) is 3.42. The van der Waals surface area contributed by atoms with Crippen molar-refractivity contribution in [2.45, 2.75) is 26.2 Å². The summed E-state index contributed by atoms with van der Waals surface area (Å²) in [5.41, 5.74) is 3.34. The van der Waals surface area contributed by atoms with E-state index in [-0.39, 0.29) is 6.03 Å². The number of anilines is 1. The maximum absolute atomic E-state index is 11.9. The standard InChI is InChI=1S/C18H22N2O/c1-2-16-12-6-7-13-17(16)20-18(21)19-14-8-11-15-9-4-3-5-10-15/h3-7,9-10,12-13H,2,8,11,14H2,1H3,(H2,19,20,21). The van der Waals surface area contributed by atoms with Crippen LogP contribution in [0, 0.1) is 0 Å². The summed E-state index contributed by atoms with van der Waals surface area (Å²) in [4.78, 5) is 11.9. The molecule has 2 rings (SSSR count). The lowest BCUT2D eigenvalue weighted by atomic mass is 10.1. The number of hydrogen-bond acceptors (Lipinski definition) is 1. The van der Waals surface area contributed by atoms with Crippen molar-refractivity contribution in [1.29, 1.82) is 0 Å². The lowest BCUT2D eigenvalue weighted by Crippen LogP contribution is -2.30. The molecule has 110 valence electrons. The van der Waals surface area contributed by atoms with Gasteiger partial charge in [0, 0.05) is 12.2 Å². The molecule has 0 heterocycles. The number of hydrogen-bond donors (Lipinski definition) is 2. The molecule has 21 heavy (non-hydrogen) atoms. The third-order valence-corrected chi connectivity index (χ3v) is 3.42. The van der Waals surface area contributed by atoms with Gasteiger partial charge in [-0.3, -0.25) is 0 Å². The smallest absolute Gasteiger partial charge is 0.319 e. The molecular weight excluding hydrogens is 260 g/mol. The van der Waals surface area contributed by atoms with Gasteiger partial charge in [-0.15, -0.1) is 0 Å². The molecule has 0 saturated heterocycles. The number of rotatable bonds is 6. The number of para-hydroxylation sites is 1. The number of urea groups is 1. The van der Waals surface area contributed by atoms with Gasteiger partial charge in [0.15, 0.2) is 0 Å². The van der Waals surface area contributed by atoms with Crippen LogP contribution in [0.15, 0.2) is 54.6 Å². The van der Waals surface area contributed by atoms with Crippen molar-refractivity contribution >= 4 is 11.7 Å². The Kier molecular flexibility index (Phi) is 5.83. The van der Waals surface area contributed by atoms with Gasteiger partial charge in [0.1, 0.15) is 0 Å². The first kappa shape index (κ1) is 15.1. The van der Waals surface area contributed by atoms with E-state index >= 15 is 0 Å². The fraction of sp³-hybridized carbons (Fsp3) is 0.278. The molecular formula is C18H22N2O. The molecule has 2 aromatic rings. The van der Waals surface area contributed by atoms with E-state index in [0.29, 0.717) is 6.54 Å². The largest absolute Gasteiger partial charge is 0.338 e. The molecule has 0 bridgehead atoms. The van der Waals surface area contributed by atoms with E-state index in [1.165, 1.54) is 5.56 Å². The molecule has 0 radical (unpaired) electrons. The summed E-state index contributed by atoms with van der Waals surface area (Å²) in [6.45, 7) is 2.76. The van der Waals surface area contributed by atoms with E-state index in [4.69, 9.17) is 0 Å².